The van der Waals surface area contributed by atoms with Crippen molar-refractivity contribution in [2.24, 2.45) is 29.2 Å². The topological polar surface area (TPSA) is 127 Å². The fraction of sp³-hybridized carbons (Fsp3) is 0.574. The molecule has 2 aromatic carbocycles. The number of methoxy groups -OCH3 is 2. The Morgan fingerprint density at radius 1 is 1.05 bits per heavy atom. The third kappa shape index (κ3) is 8.85. The highest BCUT2D eigenvalue weighted by molar-refractivity contribution is 7.92. The second-order valence-corrected chi connectivity index (χ2v) is 21.0. The molecule has 15 heteroatoms. The fourth-order valence-electron chi connectivity index (χ4n) is 10.9. The lowest BCUT2D eigenvalue weighted by Gasteiger charge is -2.46. The number of rotatable bonds is 6. The first-order valence-electron chi connectivity index (χ1n) is 22.3. The van der Waals surface area contributed by atoms with Crippen molar-refractivity contribution >= 4 is 27.4 Å². The van der Waals surface area contributed by atoms with Gasteiger partial charge in [0.15, 0.2) is 11.6 Å². The van der Waals surface area contributed by atoms with Crippen LogP contribution in [0, 0.1) is 29.4 Å². The second-order valence-electron chi connectivity index (χ2n) is 18.5. The molecule has 5 heterocycles. The van der Waals surface area contributed by atoms with Crippen LogP contribution >= 0.6 is 0 Å². The number of aryl methyl sites for hydroxylation is 2. The Labute approximate surface area is 371 Å². The summed E-state index contributed by atoms with van der Waals surface area (Å²) in [5, 5.41) is 0.845. The first-order valence-corrected chi connectivity index (χ1v) is 24.4. The molecule has 3 fully saturated rings. The van der Waals surface area contributed by atoms with E-state index in [1.807, 2.05) is 48.9 Å². The minimum absolute atomic E-state index is 0.113. The summed E-state index contributed by atoms with van der Waals surface area (Å²) < 4.78 is 48.9. The molecule has 2 saturated heterocycles. The van der Waals surface area contributed by atoms with Crippen molar-refractivity contribution in [2.45, 2.75) is 69.2 Å². The van der Waals surface area contributed by atoms with Crippen molar-refractivity contribution in [1.82, 2.24) is 19.1 Å². The van der Waals surface area contributed by atoms with Gasteiger partial charge >= 0.3 is 0 Å². The van der Waals surface area contributed by atoms with Crippen LogP contribution in [0.3, 0.4) is 0 Å². The third-order valence-electron chi connectivity index (χ3n) is 14.5. The minimum atomic E-state index is -3.69. The summed E-state index contributed by atoms with van der Waals surface area (Å²) in [5.74, 6) is -0.412. The van der Waals surface area contributed by atoms with Crippen molar-refractivity contribution in [3.63, 3.8) is 0 Å². The molecular weight excluding hydrogens is 828 g/mol. The molecular formula is C47H62ClN6O7S+. The summed E-state index contributed by atoms with van der Waals surface area (Å²) in [6, 6.07) is 14.0. The van der Waals surface area contributed by atoms with E-state index in [1.54, 1.807) is 26.5 Å². The van der Waals surface area contributed by atoms with Gasteiger partial charge in [-0.15, -0.1) is 4.36 Å². The normalized spacial score (nSPS) is 31.8. The zero-order valence-electron chi connectivity index (χ0n) is 36.5. The van der Waals surface area contributed by atoms with E-state index in [2.05, 4.69) is 42.0 Å². The van der Waals surface area contributed by atoms with E-state index in [1.165, 1.54) is 11.1 Å². The average molecular weight is 891 g/mol. The van der Waals surface area contributed by atoms with E-state index in [9.17, 15) is 9.59 Å². The largest absolute Gasteiger partial charge is 0.490 e. The van der Waals surface area contributed by atoms with Gasteiger partial charge in [0.25, 0.3) is 11.8 Å². The van der Waals surface area contributed by atoms with Crippen molar-refractivity contribution in [2.75, 3.05) is 84.0 Å². The maximum Gasteiger partial charge on any atom is 0.286 e. The van der Waals surface area contributed by atoms with Gasteiger partial charge in [-0.1, -0.05) is 25.1 Å². The number of ether oxygens (including phenoxy) is 4. The Bertz CT molecular complexity index is 2330. The maximum atomic E-state index is 15.1. The van der Waals surface area contributed by atoms with Crippen LogP contribution in [0.15, 0.2) is 65.2 Å². The van der Waals surface area contributed by atoms with Crippen molar-refractivity contribution in [3.05, 3.63) is 93.8 Å². The Morgan fingerprint density at radius 3 is 2.69 bits per heavy atom. The molecule has 8 atom stereocenters. The zero-order valence-corrected chi connectivity index (χ0v) is 38.1. The molecule has 13 nitrogen and oxygen atoms in total. The number of hydrogen-bond donors (Lipinski definition) is 1. The molecule has 9 rings (SSSR count). The number of nitrogens with one attached hydrogen (secondary N) is 1. The number of fused-ring (bicyclic) bond motifs is 5. The first kappa shape index (κ1) is 43.5. The van der Waals surface area contributed by atoms with E-state index in [0.717, 1.165) is 94.4 Å². The van der Waals surface area contributed by atoms with E-state index >= 15 is 4.21 Å². The number of aromatic nitrogens is 1. The highest BCUT2D eigenvalue weighted by atomic mass is 35.5. The number of benzene rings is 2. The number of piperazine rings is 1. The lowest BCUT2D eigenvalue weighted by Crippen LogP contribution is -2.57. The molecule has 2 aliphatic carbocycles. The average Bonchev–Trinajstić information content (AvgIpc) is 3.54. The van der Waals surface area contributed by atoms with E-state index in [4.69, 9.17) is 30.5 Å². The smallest absolute Gasteiger partial charge is 0.286 e. The van der Waals surface area contributed by atoms with Crippen LogP contribution in [0.2, 0.25) is 5.02 Å². The Hall–Kier alpha value is -3.76. The van der Waals surface area contributed by atoms with Crippen molar-refractivity contribution in [3.8, 4) is 5.75 Å². The highest BCUT2D eigenvalue weighted by Crippen LogP contribution is 2.47. The minimum Gasteiger partial charge on any atom is -0.490 e. The Balaban J connectivity index is 1.05. The molecule has 0 radical (unpaired) electrons. The van der Waals surface area contributed by atoms with Crippen LogP contribution in [0.25, 0.3) is 0 Å². The number of morpholine rings is 1. The van der Waals surface area contributed by atoms with Crippen LogP contribution in [0.4, 0.5) is 5.69 Å². The number of amides is 2. The van der Waals surface area contributed by atoms with Gasteiger partial charge in [0, 0.05) is 108 Å². The van der Waals surface area contributed by atoms with Crippen LogP contribution in [0.1, 0.15) is 70.1 Å². The van der Waals surface area contributed by atoms with Crippen LogP contribution in [-0.2, 0) is 49.6 Å². The molecule has 4 aliphatic heterocycles. The number of carbonyl (C=O) groups is 2. The third-order valence-corrected chi connectivity index (χ3v) is 16.7. The molecule has 1 saturated carbocycles. The summed E-state index contributed by atoms with van der Waals surface area (Å²) in [6.07, 6.45) is 10.2. The SMILES string of the molecule is CO[C@H]1C=C[C@H](OC)[C@H](C)CS(=O)(NC(=O)c2cc(CN3CCN4CCOC[C@@H]4C3)n(C)c2)=NC(=O)c2ccc3c(c2)N(C[C@@H]2CC[C@H]21)C[C@@]1(CCCc2cc([ClH+])ccc21)CO3. The van der Waals surface area contributed by atoms with Gasteiger partial charge in [0.05, 0.1) is 49.0 Å². The van der Waals surface area contributed by atoms with Crippen LogP contribution in [0.5, 0.6) is 5.75 Å². The Morgan fingerprint density at radius 2 is 1.89 bits per heavy atom. The van der Waals surface area contributed by atoms with Crippen molar-refractivity contribution < 1.29 is 44.3 Å². The standard InChI is InChI=1S/C47H61ClN6O7S/c1-31-28-62(57,50-46(56)35-21-37(51(2)23-35)25-52-16-17-53-18-19-60-27-38(53)26-52)49-45(55)33-8-12-44-41(22-33)54(24-34-7-10-39(34)43(59-4)14-13-42(31)58-3)29-47(30-61-44)15-5-6-32-20-36(48)9-11-40(32)47/h8-9,11-14,20-23,31,34,38-39,42-43,48H,5-7,10,15-19,24-30H2,1-4H3/p+1/t31-,34+,38+,39-,42+,43+,47+,62?/m1/s1. The number of anilines is 1. The lowest BCUT2D eigenvalue weighted by molar-refractivity contribution is -0.289. The molecule has 334 valence electrons. The van der Waals surface area contributed by atoms with E-state index < -0.39 is 27.8 Å². The number of halogens is 1. The molecule has 3 aromatic rings. The molecule has 2 bridgehead atoms. The summed E-state index contributed by atoms with van der Waals surface area (Å²) in [7, 11) is 1.60. The second kappa shape index (κ2) is 18.0. The molecule has 1 N–H and O–H groups in total. The zero-order chi connectivity index (χ0) is 43.2. The number of carbonyl (C=O) groups excluding carboxylic acids is 2. The van der Waals surface area contributed by atoms with Gasteiger partial charge in [-0.05, 0) is 85.3 Å². The van der Waals surface area contributed by atoms with Gasteiger partial charge < -0.3 is 28.4 Å². The van der Waals surface area contributed by atoms with Crippen LogP contribution < -0.4 is 14.4 Å². The summed E-state index contributed by atoms with van der Waals surface area (Å²) in [4.78, 5) is 35.8. The molecule has 2 amide bonds. The Kier molecular flexibility index (Phi) is 12.6. The maximum absolute atomic E-state index is 15.1. The summed E-state index contributed by atoms with van der Waals surface area (Å²) in [5.41, 5.74) is 4.70. The van der Waals surface area contributed by atoms with Crippen molar-refractivity contribution in [1.29, 1.82) is 0 Å². The predicted octanol–water partition coefficient (Wildman–Crippen LogP) is 4.93. The molecule has 1 spiro atoms. The number of hydrogen-bond acceptors (Lipinski definition) is 10. The van der Waals surface area contributed by atoms with E-state index in [0.29, 0.717) is 43.0 Å². The predicted molar refractivity (Wildman–Crippen MR) is 236 cm³/mol. The van der Waals surface area contributed by atoms with Gasteiger partial charge in [0.2, 0.25) is 5.02 Å². The number of nitrogens with zero attached hydrogens (tertiary/aromatic N) is 5. The van der Waals surface area contributed by atoms with Crippen LogP contribution in [-0.4, -0.2) is 128 Å². The first-order chi connectivity index (χ1) is 29.9. The summed E-state index contributed by atoms with van der Waals surface area (Å²) >= 11 is 5.59. The lowest BCUT2D eigenvalue weighted by atomic mass is 9.68. The quantitative estimate of drug-likeness (QED) is 0.341. The van der Waals surface area contributed by atoms with Gasteiger partial charge in [0.1, 0.15) is 15.7 Å². The van der Waals surface area contributed by atoms with Gasteiger partial charge in [-0.2, -0.15) is 0 Å². The molecule has 6 aliphatic rings. The monoisotopic (exact) mass is 889 g/mol. The summed E-state index contributed by atoms with van der Waals surface area (Å²) in [6.45, 7) is 9.78. The van der Waals surface area contributed by atoms with E-state index in [-0.39, 0.29) is 34.7 Å². The molecule has 1 aromatic heterocycles. The van der Waals surface area contributed by atoms with Gasteiger partial charge in [-0.3, -0.25) is 24.1 Å². The van der Waals surface area contributed by atoms with Gasteiger partial charge in [-0.25, -0.2) is 4.21 Å². The highest BCUT2D eigenvalue weighted by Gasteiger charge is 2.45. The molecule has 62 heavy (non-hydrogen) atoms. The fourth-order valence-corrected chi connectivity index (χ4v) is 13.0. The molecule has 1 unspecified atom stereocenters.